The monoisotopic (exact) mass is 247 g/mol. The highest BCUT2D eigenvalue weighted by Crippen LogP contribution is 2.46. The third-order valence-corrected chi connectivity index (χ3v) is 6.61. The molecule has 0 aromatic heterocycles. The molecule has 102 valence electrons. The molecule has 1 aliphatic rings. The fourth-order valence-corrected chi connectivity index (χ4v) is 4.32. The first-order valence-electron chi connectivity index (χ1n) is 7.75. The molecule has 1 aliphatic heterocycles. The average Bonchev–Trinajstić information content (AvgIpc) is 2.32. The van der Waals surface area contributed by atoms with E-state index in [0.717, 1.165) is 23.5 Å². The number of rotatable bonds is 1. The zero-order chi connectivity index (χ0) is 14.2. The summed E-state index contributed by atoms with van der Waals surface area (Å²) in [6.07, 6.45) is 0. The predicted molar refractivity (Wildman–Crippen MR) is 86.7 cm³/mol. The lowest BCUT2D eigenvalue weighted by molar-refractivity contribution is 0.260. The van der Waals surface area contributed by atoms with E-state index in [0.29, 0.717) is 30.8 Å². The van der Waals surface area contributed by atoms with Crippen LogP contribution in [0.3, 0.4) is 0 Å². The van der Waals surface area contributed by atoms with Crippen molar-refractivity contribution in [3.8, 4) is 0 Å². The second-order valence-electron chi connectivity index (χ2n) is 7.22. The van der Waals surface area contributed by atoms with Crippen molar-refractivity contribution in [3.63, 3.8) is 0 Å². The van der Waals surface area contributed by atoms with E-state index in [1.165, 1.54) is 0 Å². The molecule has 0 amide bonds. The van der Waals surface area contributed by atoms with Crippen molar-refractivity contribution >= 4 is 19.1 Å². The van der Waals surface area contributed by atoms with Gasteiger partial charge in [-0.2, -0.15) is 0 Å². The molecule has 0 aliphatic carbocycles. The Labute approximate surface area is 115 Å². The van der Waals surface area contributed by atoms with Gasteiger partial charge in [0.1, 0.15) is 13.4 Å². The minimum atomic E-state index is 0.465. The zero-order valence-corrected chi connectivity index (χ0v) is 13.6. The summed E-state index contributed by atoms with van der Waals surface area (Å²) >= 11 is 0. The molecule has 4 atom stereocenters. The largest absolute Gasteiger partial charge is 0.311 e. The number of hydrogen-bond acceptors (Lipinski definition) is 1. The fraction of sp³-hybridized carbons (Fsp3) is 0.933. The van der Waals surface area contributed by atoms with E-state index in [9.17, 15) is 0 Å². The Kier molecular flexibility index (Phi) is 5.14. The van der Waals surface area contributed by atoms with Crippen molar-refractivity contribution in [2.45, 2.75) is 72.5 Å². The van der Waals surface area contributed by atoms with Crippen molar-refractivity contribution in [1.29, 1.82) is 5.41 Å². The van der Waals surface area contributed by atoms with E-state index in [2.05, 4.69) is 48.3 Å². The van der Waals surface area contributed by atoms with E-state index in [1.54, 1.807) is 0 Å². The molecule has 1 fully saturated rings. The number of nitrogens with one attached hydrogen (secondary N) is 1. The first kappa shape index (κ1) is 15.9. The second-order valence-corrected chi connectivity index (χ2v) is 7.22. The summed E-state index contributed by atoms with van der Waals surface area (Å²) in [5.41, 5.74) is 1.36. The first-order chi connectivity index (χ1) is 8.20. The van der Waals surface area contributed by atoms with Crippen LogP contribution in [-0.4, -0.2) is 19.1 Å². The SMILES string of the molecule is CB1C(C(C)=N)B(C)C(C)C(C)C(C)C(C)C1C. The van der Waals surface area contributed by atoms with Crippen molar-refractivity contribution in [3.05, 3.63) is 0 Å². The van der Waals surface area contributed by atoms with Crippen LogP contribution >= 0.6 is 0 Å². The molecule has 4 unspecified atom stereocenters. The molecule has 3 heteroatoms. The van der Waals surface area contributed by atoms with Gasteiger partial charge in [-0.1, -0.05) is 59.9 Å². The lowest BCUT2D eigenvalue weighted by atomic mass is 9.14. The maximum atomic E-state index is 8.18. The van der Waals surface area contributed by atoms with Crippen LogP contribution in [0.5, 0.6) is 0 Å². The molecule has 18 heavy (non-hydrogen) atoms. The summed E-state index contributed by atoms with van der Waals surface area (Å²) in [6, 6.07) is 0. The highest BCUT2D eigenvalue weighted by atomic mass is 14.4. The Morgan fingerprint density at radius 1 is 0.778 bits per heavy atom. The smallest absolute Gasteiger partial charge is 0.141 e. The van der Waals surface area contributed by atoms with Gasteiger partial charge in [-0.3, -0.25) is 0 Å². The van der Waals surface area contributed by atoms with Gasteiger partial charge in [-0.25, -0.2) is 0 Å². The summed E-state index contributed by atoms with van der Waals surface area (Å²) in [5.74, 6) is 3.72. The van der Waals surface area contributed by atoms with Gasteiger partial charge >= 0.3 is 0 Å². The van der Waals surface area contributed by atoms with Crippen LogP contribution in [-0.2, 0) is 0 Å². The average molecular weight is 247 g/mol. The van der Waals surface area contributed by atoms with Gasteiger partial charge in [0, 0.05) is 0 Å². The molecule has 1 heterocycles. The molecule has 1 rings (SSSR count). The summed E-state index contributed by atoms with van der Waals surface area (Å²) < 4.78 is 0. The topological polar surface area (TPSA) is 23.9 Å². The van der Waals surface area contributed by atoms with Crippen LogP contribution in [0.15, 0.2) is 0 Å². The Morgan fingerprint density at radius 2 is 1.11 bits per heavy atom. The molecule has 1 nitrogen and oxygen atoms in total. The third-order valence-electron chi connectivity index (χ3n) is 6.61. The van der Waals surface area contributed by atoms with E-state index in [4.69, 9.17) is 5.41 Å². The van der Waals surface area contributed by atoms with Crippen molar-refractivity contribution in [2.75, 3.05) is 0 Å². The molecule has 1 saturated heterocycles. The minimum absolute atomic E-state index is 0.465. The third kappa shape index (κ3) is 2.70. The van der Waals surface area contributed by atoms with Gasteiger partial charge in [-0.05, 0) is 36.1 Å². The lowest BCUT2D eigenvalue weighted by Gasteiger charge is -2.44. The van der Waals surface area contributed by atoms with Crippen molar-refractivity contribution in [2.24, 2.45) is 17.8 Å². The minimum Gasteiger partial charge on any atom is -0.311 e. The maximum Gasteiger partial charge on any atom is 0.141 e. The summed E-state index contributed by atoms with van der Waals surface area (Å²) in [6.45, 7) is 20.1. The molecule has 1 N–H and O–H groups in total. The summed E-state index contributed by atoms with van der Waals surface area (Å²) in [7, 11) is 0. The van der Waals surface area contributed by atoms with Crippen LogP contribution in [0, 0.1) is 23.2 Å². The van der Waals surface area contributed by atoms with E-state index in [1.807, 2.05) is 6.92 Å². The van der Waals surface area contributed by atoms with Crippen LogP contribution in [0.4, 0.5) is 0 Å². The Bertz CT molecular complexity index is 283. The molecule has 0 aromatic rings. The van der Waals surface area contributed by atoms with Gasteiger partial charge in [0.15, 0.2) is 0 Å². The van der Waals surface area contributed by atoms with Crippen LogP contribution in [0.25, 0.3) is 0 Å². The van der Waals surface area contributed by atoms with Gasteiger partial charge in [0.25, 0.3) is 0 Å². The van der Waals surface area contributed by atoms with Crippen LogP contribution < -0.4 is 0 Å². The highest BCUT2D eigenvalue weighted by Gasteiger charge is 2.44. The van der Waals surface area contributed by atoms with Gasteiger partial charge in [-0.15, -0.1) is 0 Å². The Hall–Kier alpha value is -0.200. The molecular weight excluding hydrogens is 216 g/mol. The first-order valence-corrected chi connectivity index (χ1v) is 7.75. The molecule has 0 radical (unpaired) electrons. The summed E-state index contributed by atoms with van der Waals surface area (Å²) in [4.78, 5) is 0. The standard InChI is InChI=1S/C15H31B2N/c1-9-10(2)12(4)16(7)15(14(6)18)17(8)13(5)11(9)3/h9-13,15,18H,1-8H3. The Balaban J connectivity index is 3.13. The fourth-order valence-electron chi connectivity index (χ4n) is 4.32. The summed E-state index contributed by atoms with van der Waals surface area (Å²) in [5, 5.41) is 8.18. The zero-order valence-electron chi connectivity index (χ0n) is 13.6. The van der Waals surface area contributed by atoms with Gasteiger partial charge < -0.3 is 5.41 Å². The lowest BCUT2D eigenvalue weighted by Crippen LogP contribution is -2.45. The molecule has 0 aromatic carbocycles. The van der Waals surface area contributed by atoms with Crippen molar-refractivity contribution < 1.29 is 0 Å². The maximum absolute atomic E-state index is 8.18. The normalized spacial score (nSPS) is 42.4. The van der Waals surface area contributed by atoms with Gasteiger partial charge in [0.05, 0.1) is 0 Å². The predicted octanol–water partition coefficient (Wildman–Crippen LogP) is 4.89. The van der Waals surface area contributed by atoms with Crippen LogP contribution in [0.2, 0.25) is 31.0 Å². The van der Waals surface area contributed by atoms with E-state index >= 15 is 0 Å². The highest BCUT2D eigenvalue weighted by molar-refractivity contribution is 6.85. The van der Waals surface area contributed by atoms with Gasteiger partial charge in [0.2, 0.25) is 0 Å². The second kappa shape index (κ2) is 5.84. The molecule has 0 saturated carbocycles. The quantitative estimate of drug-likeness (QED) is 0.504. The van der Waals surface area contributed by atoms with E-state index < -0.39 is 0 Å². The molecular formula is C15H31B2N. The molecule has 0 bridgehead atoms. The van der Waals surface area contributed by atoms with Crippen LogP contribution in [0.1, 0.15) is 41.5 Å². The molecule has 0 spiro atoms. The van der Waals surface area contributed by atoms with E-state index in [-0.39, 0.29) is 0 Å². The number of hydrogen-bond donors (Lipinski definition) is 1. The Morgan fingerprint density at radius 3 is 1.39 bits per heavy atom. The van der Waals surface area contributed by atoms with Crippen molar-refractivity contribution in [1.82, 2.24) is 0 Å².